The molecule has 27 heavy (non-hydrogen) atoms. The number of ether oxygens (including phenoxy) is 2. The maximum atomic E-state index is 5.62. The van der Waals surface area contributed by atoms with Crippen LogP contribution in [0.2, 0.25) is 0 Å². The van der Waals surface area contributed by atoms with Gasteiger partial charge in [0.05, 0.1) is 13.7 Å². The van der Waals surface area contributed by atoms with Crippen LogP contribution in [-0.2, 0) is 6.42 Å². The number of aromatic amines is 1. The van der Waals surface area contributed by atoms with E-state index in [-0.39, 0.29) is 0 Å². The molecule has 1 aromatic heterocycles. The highest BCUT2D eigenvalue weighted by molar-refractivity contribution is 5.93. The molecule has 0 saturated heterocycles. The number of nitrogens with one attached hydrogen (secondary N) is 3. The van der Waals surface area contributed by atoms with E-state index >= 15 is 0 Å². The van der Waals surface area contributed by atoms with Gasteiger partial charge in [0.1, 0.15) is 0 Å². The minimum atomic E-state index is 0.581. The highest BCUT2D eigenvalue weighted by Crippen LogP contribution is 2.30. The van der Waals surface area contributed by atoms with E-state index in [2.05, 4.69) is 44.9 Å². The van der Waals surface area contributed by atoms with Crippen LogP contribution < -0.4 is 20.1 Å². The number of rotatable bonds is 7. The van der Waals surface area contributed by atoms with Crippen molar-refractivity contribution >= 4 is 22.5 Å². The first-order valence-electron chi connectivity index (χ1n) is 9.08. The van der Waals surface area contributed by atoms with E-state index in [4.69, 9.17) is 9.47 Å². The second-order valence-corrected chi connectivity index (χ2v) is 6.05. The molecule has 0 bridgehead atoms. The zero-order valence-corrected chi connectivity index (χ0v) is 16.0. The van der Waals surface area contributed by atoms with E-state index in [1.54, 1.807) is 14.2 Å². The van der Waals surface area contributed by atoms with Crippen LogP contribution in [0.1, 0.15) is 12.6 Å². The third-order valence-corrected chi connectivity index (χ3v) is 4.22. The average Bonchev–Trinajstić information content (AvgIpc) is 3.10. The normalized spacial score (nSPS) is 11.4. The highest BCUT2D eigenvalue weighted by atomic mass is 16.5. The molecular formula is C21H26N4O2. The zero-order valence-electron chi connectivity index (χ0n) is 16.0. The van der Waals surface area contributed by atoms with Gasteiger partial charge in [0, 0.05) is 43.0 Å². The molecular weight excluding hydrogens is 340 g/mol. The Labute approximate surface area is 159 Å². The minimum absolute atomic E-state index is 0.581. The summed E-state index contributed by atoms with van der Waals surface area (Å²) < 4.78 is 10.9. The standard InChI is InChI=1S/C21H26N4O2/c1-4-27-20-14-16(9-10-19(20)26-3)25-21(22-2)23-12-11-17-13-15-7-5-6-8-18(15)24-17/h5-10,13-14,24H,4,11-12H2,1-3H3,(H2,22,23,25). The van der Waals surface area contributed by atoms with Crippen molar-refractivity contribution in [3.63, 3.8) is 0 Å². The fourth-order valence-electron chi connectivity index (χ4n) is 2.92. The molecule has 1 heterocycles. The largest absolute Gasteiger partial charge is 0.493 e. The molecule has 3 rings (SSSR count). The number of hydrogen-bond donors (Lipinski definition) is 3. The van der Waals surface area contributed by atoms with E-state index in [0.717, 1.165) is 24.2 Å². The van der Waals surface area contributed by atoms with Crippen LogP contribution in [0, 0.1) is 0 Å². The number of methoxy groups -OCH3 is 1. The molecule has 0 aliphatic heterocycles. The van der Waals surface area contributed by atoms with Crippen molar-refractivity contribution in [2.75, 3.05) is 32.6 Å². The summed E-state index contributed by atoms with van der Waals surface area (Å²) in [5, 5.41) is 7.86. The van der Waals surface area contributed by atoms with Gasteiger partial charge in [-0.05, 0) is 36.6 Å². The van der Waals surface area contributed by atoms with Crippen molar-refractivity contribution in [2.45, 2.75) is 13.3 Å². The molecule has 0 aliphatic carbocycles. The van der Waals surface area contributed by atoms with Crippen LogP contribution in [0.4, 0.5) is 5.69 Å². The van der Waals surface area contributed by atoms with Crippen LogP contribution in [0.25, 0.3) is 10.9 Å². The highest BCUT2D eigenvalue weighted by Gasteiger charge is 2.07. The smallest absolute Gasteiger partial charge is 0.195 e. The maximum absolute atomic E-state index is 5.62. The number of anilines is 1. The molecule has 0 radical (unpaired) electrons. The van der Waals surface area contributed by atoms with Crippen molar-refractivity contribution in [1.82, 2.24) is 10.3 Å². The number of nitrogens with zero attached hydrogens (tertiary/aromatic N) is 1. The first kappa shape index (κ1) is 18.6. The van der Waals surface area contributed by atoms with Gasteiger partial charge in [0.25, 0.3) is 0 Å². The van der Waals surface area contributed by atoms with Gasteiger partial charge in [-0.3, -0.25) is 4.99 Å². The molecule has 0 fully saturated rings. The summed E-state index contributed by atoms with van der Waals surface area (Å²) in [6, 6.07) is 16.2. The third-order valence-electron chi connectivity index (χ3n) is 4.22. The maximum Gasteiger partial charge on any atom is 0.195 e. The van der Waals surface area contributed by atoms with Gasteiger partial charge in [0.2, 0.25) is 0 Å². The Kier molecular flexibility index (Phi) is 6.20. The molecule has 0 spiro atoms. The van der Waals surface area contributed by atoms with Crippen LogP contribution in [0.5, 0.6) is 11.5 Å². The lowest BCUT2D eigenvalue weighted by Crippen LogP contribution is -2.32. The number of fused-ring (bicyclic) bond motifs is 1. The van der Waals surface area contributed by atoms with E-state index in [1.165, 1.54) is 11.1 Å². The summed E-state index contributed by atoms with van der Waals surface area (Å²) in [6.45, 7) is 3.29. The molecule has 3 aromatic rings. The van der Waals surface area contributed by atoms with Crippen LogP contribution >= 0.6 is 0 Å². The molecule has 6 heteroatoms. The molecule has 6 nitrogen and oxygen atoms in total. The zero-order chi connectivity index (χ0) is 19.1. The Bertz CT molecular complexity index is 884. The van der Waals surface area contributed by atoms with Gasteiger partial charge < -0.3 is 25.1 Å². The van der Waals surface area contributed by atoms with Crippen molar-refractivity contribution in [2.24, 2.45) is 4.99 Å². The van der Waals surface area contributed by atoms with E-state index in [9.17, 15) is 0 Å². The van der Waals surface area contributed by atoms with Crippen molar-refractivity contribution in [1.29, 1.82) is 0 Å². The number of para-hydroxylation sites is 1. The van der Waals surface area contributed by atoms with Crippen LogP contribution in [-0.4, -0.2) is 38.3 Å². The summed E-state index contributed by atoms with van der Waals surface area (Å²) in [7, 11) is 3.39. The summed E-state index contributed by atoms with van der Waals surface area (Å²) in [5.41, 5.74) is 3.25. The molecule has 2 aromatic carbocycles. The Hall–Kier alpha value is -3.15. The van der Waals surface area contributed by atoms with Crippen molar-refractivity contribution in [3.05, 3.63) is 54.2 Å². The lowest BCUT2D eigenvalue weighted by Gasteiger charge is -2.14. The molecule has 3 N–H and O–H groups in total. The average molecular weight is 366 g/mol. The van der Waals surface area contributed by atoms with E-state index in [0.29, 0.717) is 24.1 Å². The molecule has 142 valence electrons. The topological polar surface area (TPSA) is 70.7 Å². The molecule has 0 unspecified atom stereocenters. The first-order chi connectivity index (χ1) is 13.2. The van der Waals surface area contributed by atoms with E-state index < -0.39 is 0 Å². The summed E-state index contributed by atoms with van der Waals surface area (Å²) in [6.07, 6.45) is 0.877. The Morgan fingerprint density at radius 3 is 2.70 bits per heavy atom. The van der Waals surface area contributed by atoms with Gasteiger partial charge in [-0.2, -0.15) is 0 Å². The lowest BCUT2D eigenvalue weighted by molar-refractivity contribution is 0.311. The van der Waals surface area contributed by atoms with Gasteiger partial charge >= 0.3 is 0 Å². The van der Waals surface area contributed by atoms with Gasteiger partial charge in [0.15, 0.2) is 17.5 Å². The van der Waals surface area contributed by atoms with Gasteiger partial charge in [-0.15, -0.1) is 0 Å². The van der Waals surface area contributed by atoms with Crippen LogP contribution in [0.3, 0.4) is 0 Å². The molecule has 0 saturated carbocycles. The van der Waals surface area contributed by atoms with E-state index in [1.807, 2.05) is 31.2 Å². The van der Waals surface area contributed by atoms with Crippen molar-refractivity contribution in [3.8, 4) is 11.5 Å². The number of H-pyrrole nitrogens is 1. The Morgan fingerprint density at radius 2 is 1.96 bits per heavy atom. The van der Waals surface area contributed by atoms with Gasteiger partial charge in [-0.1, -0.05) is 18.2 Å². The van der Waals surface area contributed by atoms with Crippen molar-refractivity contribution < 1.29 is 9.47 Å². The monoisotopic (exact) mass is 366 g/mol. The second kappa shape index (κ2) is 8.98. The number of guanidine groups is 1. The summed E-state index contributed by atoms with van der Waals surface area (Å²) >= 11 is 0. The predicted molar refractivity (Wildman–Crippen MR) is 111 cm³/mol. The second-order valence-electron chi connectivity index (χ2n) is 6.05. The Balaban J connectivity index is 1.58. The Morgan fingerprint density at radius 1 is 1.11 bits per heavy atom. The number of benzene rings is 2. The van der Waals surface area contributed by atoms with Crippen LogP contribution in [0.15, 0.2) is 53.5 Å². The molecule has 0 aliphatic rings. The fourth-order valence-corrected chi connectivity index (χ4v) is 2.92. The number of aromatic nitrogens is 1. The first-order valence-corrected chi connectivity index (χ1v) is 9.08. The fraction of sp³-hybridized carbons (Fsp3) is 0.286. The number of aliphatic imine (C=N–C) groups is 1. The van der Waals surface area contributed by atoms with Gasteiger partial charge in [-0.25, -0.2) is 0 Å². The minimum Gasteiger partial charge on any atom is -0.493 e. The quantitative estimate of drug-likeness (QED) is 0.439. The molecule has 0 amide bonds. The summed E-state index contributed by atoms with van der Waals surface area (Å²) in [4.78, 5) is 7.73. The lowest BCUT2D eigenvalue weighted by atomic mass is 10.2. The third kappa shape index (κ3) is 4.73. The predicted octanol–water partition coefficient (Wildman–Crippen LogP) is 3.81. The molecule has 0 atom stereocenters. The summed E-state index contributed by atoms with van der Waals surface area (Å²) in [5.74, 6) is 2.13. The number of hydrogen-bond acceptors (Lipinski definition) is 3. The SMILES string of the molecule is CCOc1cc(NC(=NC)NCCc2cc3ccccc3[nH]2)ccc1OC.